The van der Waals surface area contributed by atoms with Gasteiger partial charge in [-0.2, -0.15) is 0 Å². The first-order valence-corrected chi connectivity index (χ1v) is 10.1. The smallest absolute Gasteiger partial charge is 0.260 e. The van der Waals surface area contributed by atoms with Crippen LogP contribution in [0.3, 0.4) is 0 Å². The van der Waals surface area contributed by atoms with Gasteiger partial charge in [-0.05, 0) is 30.3 Å². The number of carbonyl (C=O) groups excluding carboxylic acids is 2. The Balaban J connectivity index is 1.76. The van der Waals surface area contributed by atoms with Crippen LogP contribution in [0.5, 0.6) is 0 Å². The number of ether oxygens (including phenoxy) is 1. The number of para-hydroxylation sites is 1. The number of rotatable bonds is 3. The first-order valence-electron chi connectivity index (χ1n) is 9.35. The van der Waals surface area contributed by atoms with Crippen LogP contribution in [0.25, 0.3) is 0 Å². The third kappa shape index (κ3) is 3.57. The topological polar surface area (TPSA) is 53.1 Å². The van der Waals surface area contributed by atoms with Gasteiger partial charge in [-0.25, -0.2) is 0 Å². The highest BCUT2D eigenvalue weighted by Gasteiger charge is 2.31. The van der Waals surface area contributed by atoms with Crippen molar-refractivity contribution in [2.24, 2.45) is 0 Å². The lowest BCUT2D eigenvalue weighted by molar-refractivity contribution is 0.0391. The van der Waals surface area contributed by atoms with E-state index in [2.05, 4.69) is 20.8 Å². The Hall–Kier alpha value is -2.22. The second kappa shape index (κ2) is 8.03. The Bertz CT molecular complexity index is 912. The monoisotopic (exact) mass is 443 g/mol. The van der Waals surface area contributed by atoms with E-state index in [1.807, 2.05) is 30.3 Å². The number of carbonyl (C=O) groups is 2. The molecule has 0 atom stereocenters. The van der Waals surface area contributed by atoms with Crippen molar-refractivity contribution in [2.45, 2.75) is 0 Å². The summed E-state index contributed by atoms with van der Waals surface area (Å²) in [7, 11) is 1.71. The summed E-state index contributed by atoms with van der Waals surface area (Å²) in [5.74, 6) is -0.223. The maximum absolute atomic E-state index is 13.5. The van der Waals surface area contributed by atoms with Crippen molar-refractivity contribution in [3.05, 3.63) is 58.1 Å². The van der Waals surface area contributed by atoms with Gasteiger partial charge in [0.2, 0.25) is 0 Å². The summed E-state index contributed by atoms with van der Waals surface area (Å²) >= 11 is 3.45. The van der Waals surface area contributed by atoms with Crippen molar-refractivity contribution in [3.8, 4) is 0 Å². The third-order valence-electron chi connectivity index (χ3n) is 5.27. The fourth-order valence-corrected chi connectivity index (χ4v) is 4.06. The molecule has 7 heteroatoms. The molecule has 0 bridgehead atoms. The van der Waals surface area contributed by atoms with E-state index in [9.17, 15) is 9.59 Å². The highest BCUT2D eigenvalue weighted by molar-refractivity contribution is 9.10. The van der Waals surface area contributed by atoms with Crippen LogP contribution in [-0.2, 0) is 4.74 Å². The summed E-state index contributed by atoms with van der Waals surface area (Å²) in [6.07, 6.45) is 0. The quantitative estimate of drug-likeness (QED) is 0.731. The maximum atomic E-state index is 13.5. The normalized spacial score (nSPS) is 17.8. The minimum atomic E-state index is -0.132. The number of hydrogen-bond donors (Lipinski definition) is 0. The number of anilines is 2. The van der Waals surface area contributed by atoms with Gasteiger partial charge < -0.3 is 14.5 Å². The van der Waals surface area contributed by atoms with E-state index < -0.39 is 0 Å². The summed E-state index contributed by atoms with van der Waals surface area (Å²) < 4.78 is 6.22. The van der Waals surface area contributed by atoms with Crippen LogP contribution in [0, 0.1) is 0 Å². The molecule has 2 heterocycles. The van der Waals surface area contributed by atoms with Gasteiger partial charge in [-0.1, -0.05) is 28.1 Å². The highest BCUT2D eigenvalue weighted by atomic mass is 79.9. The van der Waals surface area contributed by atoms with E-state index >= 15 is 0 Å². The number of nitrogens with zero attached hydrogens (tertiary/aromatic N) is 3. The second-order valence-electron chi connectivity index (χ2n) is 6.95. The molecular formula is C21H22BrN3O3. The van der Waals surface area contributed by atoms with Gasteiger partial charge in [-0.15, -0.1) is 0 Å². The van der Waals surface area contributed by atoms with Gasteiger partial charge in [0.15, 0.2) is 0 Å². The van der Waals surface area contributed by atoms with E-state index in [1.54, 1.807) is 29.0 Å². The molecule has 1 saturated heterocycles. The molecule has 4 rings (SSSR count). The molecule has 2 aromatic carbocycles. The van der Waals surface area contributed by atoms with Crippen molar-refractivity contribution >= 4 is 39.1 Å². The van der Waals surface area contributed by atoms with Crippen molar-refractivity contribution in [1.82, 2.24) is 4.90 Å². The molecule has 146 valence electrons. The molecule has 0 unspecified atom stereocenters. The molecule has 2 aliphatic heterocycles. The standard InChI is InChI=1S/C21H22BrN3O3/c1-23-18-5-3-2-4-16(18)21(27)25(9-8-24-10-12-28-13-11-24)19-7-6-15(22)14-17(19)20(23)26/h2-7,14H,8-13H2,1H3. The Kier molecular flexibility index (Phi) is 5.48. The number of amides is 2. The number of halogens is 1. The van der Waals surface area contributed by atoms with Crippen LogP contribution in [0.2, 0.25) is 0 Å². The first-order chi connectivity index (χ1) is 13.6. The lowest BCUT2D eigenvalue weighted by Gasteiger charge is -2.34. The van der Waals surface area contributed by atoms with Crippen LogP contribution in [0.4, 0.5) is 11.4 Å². The number of hydrogen-bond acceptors (Lipinski definition) is 4. The van der Waals surface area contributed by atoms with Crippen LogP contribution in [0.1, 0.15) is 20.7 Å². The lowest BCUT2D eigenvalue weighted by Crippen LogP contribution is -2.45. The highest BCUT2D eigenvalue weighted by Crippen LogP contribution is 2.33. The molecule has 6 nitrogen and oxygen atoms in total. The Morgan fingerprint density at radius 3 is 2.46 bits per heavy atom. The van der Waals surface area contributed by atoms with E-state index in [0.29, 0.717) is 42.3 Å². The third-order valence-corrected chi connectivity index (χ3v) is 5.76. The zero-order valence-electron chi connectivity index (χ0n) is 15.7. The Labute approximate surface area is 172 Å². The van der Waals surface area contributed by atoms with Crippen LogP contribution in [-0.4, -0.2) is 63.2 Å². The van der Waals surface area contributed by atoms with E-state index in [-0.39, 0.29) is 11.8 Å². The molecule has 2 aliphatic rings. The predicted molar refractivity (Wildman–Crippen MR) is 112 cm³/mol. The van der Waals surface area contributed by atoms with Gasteiger partial charge >= 0.3 is 0 Å². The molecule has 0 N–H and O–H groups in total. The summed E-state index contributed by atoms with van der Waals surface area (Å²) in [5.41, 5.74) is 2.32. The molecule has 0 aliphatic carbocycles. The molecule has 1 fully saturated rings. The number of morpholine rings is 1. The molecule has 0 saturated carbocycles. The minimum Gasteiger partial charge on any atom is -0.379 e. The summed E-state index contributed by atoms with van der Waals surface area (Å²) in [5, 5.41) is 0. The zero-order valence-corrected chi connectivity index (χ0v) is 17.3. The van der Waals surface area contributed by atoms with Crippen molar-refractivity contribution < 1.29 is 14.3 Å². The molecule has 2 aromatic rings. The van der Waals surface area contributed by atoms with Crippen molar-refractivity contribution in [2.75, 3.05) is 56.2 Å². The summed E-state index contributed by atoms with van der Waals surface area (Å²) in [6, 6.07) is 12.8. The molecule has 2 amide bonds. The van der Waals surface area contributed by atoms with Gasteiger partial charge in [-0.3, -0.25) is 14.5 Å². The number of fused-ring (bicyclic) bond motifs is 2. The first kappa shape index (κ1) is 19.1. The molecule has 0 aromatic heterocycles. The van der Waals surface area contributed by atoms with Crippen LogP contribution in [0.15, 0.2) is 46.9 Å². The fourth-order valence-electron chi connectivity index (χ4n) is 3.69. The molecule has 28 heavy (non-hydrogen) atoms. The van der Waals surface area contributed by atoms with Gasteiger partial charge in [0, 0.05) is 37.7 Å². The molecular weight excluding hydrogens is 422 g/mol. The summed E-state index contributed by atoms with van der Waals surface area (Å²) in [4.78, 5) is 32.3. The van der Waals surface area contributed by atoms with Gasteiger partial charge in [0.1, 0.15) is 0 Å². The SMILES string of the molecule is CN1C(=O)c2cc(Br)ccc2N(CCN2CCOCC2)C(=O)c2ccccc21. The fraction of sp³-hybridized carbons (Fsp3) is 0.333. The van der Waals surface area contributed by atoms with E-state index in [1.165, 1.54) is 0 Å². The van der Waals surface area contributed by atoms with Gasteiger partial charge in [0.25, 0.3) is 11.8 Å². The van der Waals surface area contributed by atoms with Crippen molar-refractivity contribution in [3.63, 3.8) is 0 Å². The molecule has 0 spiro atoms. The Morgan fingerprint density at radius 2 is 1.68 bits per heavy atom. The number of benzene rings is 2. The van der Waals surface area contributed by atoms with E-state index in [4.69, 9.17) is 4.74 Å². The van der Waals surface area contributed by atoms with E-state index in [0.717, 1.165) is 24.1 Å². The summed E-state index contributed by atoms with van der Waals surface area (Å²) in [6.45, 7) is 4.38. The zero-order chi connectivity index (χ0) is 19.7. The average molecular weight is 444 g/mol. The second-order valence-corrected chi connectivity index (χ2v) is 7.87. The van der Waals surface area contributed by atoms with Gasteiger partial charge in [0.05, 0.1) is 35.7 Å². The van der Waals surface area contributed by atoms with Crippen LogP contribution < -0.4 is 9.80 Å². The average Bonchev–Trinajstić information content (AvgIpc) is 2.73. The van der Waals surface area contributed by atoms with Crippen molar-refractivity contribution in [1.29, 1.82) is 0 Å². The molecule has 0 radical (unpaired) electrons. The lowest BCUT2D eigenvalue weighted by atomic mass is 10.0. The van der Waals surface area contributed by atoms with Crippen LogP contribution >= 0.6 is 15.9 Å². The predicted octanol–water partition coefficient (Wildman–Crippen LogP) is 3.02. The largest absolute Gasteiger partial charge is 0.379 e. The minimum absolute atomic E-state index is 0.0909. The Morgan fingerprint density at radius 1 is 0.929 bits per heavy atom. The maximum Gasteiger partial charge on any atom is 0.260 e.